The average Bonchev–Trinajstić information content (AvgIpc) is 2.48. The Morgan fingerprint density at radius 3 is 2.46 bits per heavy atom. The van der Waals surface area contributed by atoms with E-state index >= 15 is 0 Å². The molecule has 4 nitrogen and oxygen atoms in total. The lowest BCUT2D eigenvalue weighted by Gasteiger charge is -2.04. The van der Waals surface area contributed by atoms with Gasteiger partial charge in [0.25, 0.3) is 0 Å². The quantitative estimate of drug-likeness (QED) is 0.740. The zero-order valence-corrected chi connectivity index (χ0v) is 8.76. The molecule has 0 radical (unpaired) electrons. The predicted octanol–water partition coefficient (Wildman–Crippen LogP) is 1.43. The van der Waals surface area contributed by atoms with Crippen molar-refractivity contribution in [2.24, 2.45) is 0 Å². The molecule has 0 unspecified atom stereocenters. The first kappa shape index (κ1) is 10.2. The molecule has 74 valence electrons. The van der Waals surface area contributed by atoms with Gasteiger partial charge < -0.3 is 5.32 Å². The maximum absolute atomic E-state index is 4.35. The number of nitrogens with zero attached hydrogens (tertiary/aromatic N) is 2. The van der Waals surface area contributed by atoms with Crippen LogP contribution in [-0.2, 0) is 6.54 Å². The molecule has 1 aromatic rings. The van der Waals surface area contributed by atoms with Crippen LogP contribution in [0, 0.1) is 0 Å². The van der Waals surface area contributed by atoms with E-state index in [1.807, 2.05) is 0 Å². The normalized spacial score (nSPS) is 11.5. The van der Waals surface area contributed by atoms with Crippen molar-refractivity contribution in [1.29, 1.82) is 0 Å². The van der Waals surface area contributed by atoms with E-state index in [0.717, 1.165) is 18.2 Å². The van der Waals surface area contributed by atoms with Crippen molar-refractivity contribution < 1.29 is 0 Å². The van der Waals surface area contributed by atoms with Gasteiger partial charge in [-0.3, -0.25) is 5.10 Å². The van der Waals surface area contributed by atoms with Crippen molar-refractivity contribution in [3.63, 3.8) is 0 Å². The SMILES string of the molecule is CC(C)NCc1nc(C(C)C)n[nH]1. The molecule has 13 heavy (non-hydrogen) atoms. The summed E-state index contributed by atoms with van der Waals surface area (Å²) in [5.74, 6) is 2.20. The molecule has 0 amide bonds. The highest BCUT2D eigenvalue weighted by atomic mass is 15.2. The van der Waals surface area contributed by atoms with Gasteiger partial charge in [0.2, 0.25) is 0 Å². The van der Waals surface area contributed by atoms with E-state index in [-0.39, 0.29) is 0 Å². The molecule has 0 bridgehead atoms. The molecule has 0 aliphatic carbocycles. The largest absolute Gasteiger partial charge is 0.308 e. The highest BCUT2D eigenvalue weighted by Crippen LogP contribution is 2.07. The Morgan fingerprint density at radius 2 is 2.00 bits per heavy atom. The van der Waals surface area contributed by atoms with Crippen LogP contribution in [0.3, 0.4) is 0 Å². The van der Waals surface area contributed by atoms with E-state index < -0.39 is 0 Å². The Kier molecular flexibility index (Phi) is 3.42. The van der Waals surface area contributed by atoms with Crippen LogP contribution in [0.5, 0.6) is 0 Å². The van der Waals surface area contributed by atoms with E-state index in [0.29, 0.717) is 12.0 Å². The summed E-state index contributed by atoms with van der Waals surface area (Å²) in [5.41, 5.74) is 0. The van der Waals surface area contributed by atoms with Crippen LogP contribution < -0.4 is 5.32 Å². The standard InChI is InChI=1S/C9H18N4/c1-6(2)9-11-8(12-13-9)5-10-7(3)4/h6-7,10H,5H2,1-4H3,(H,11,12,13). The average molecular weight is 182 g/mol. The number of rotatable bonds is 4. The van der Waals surface area contributed by atoms with Gasteiger partial charge in [-0.15, -0.1) is 0 Å². The first-order chi connectivity index (χ1) is 6.09. The third kappa shape index (κ3) is 3.14. The van der Waals surface area contributed by atoms with Gasteiger partial charge in [0.05, 0.1) is 6.54 Å². The van der Waals surface area contributed by atoms with Gasteiger partial charge in [-0.05, 0) is 0 Å². The van der Waals surface area contributed by atoms with Crippen molar-refractivity contribution in [1.82, 2.24) is 20.5 Å². The Morgan fingerprint density at radius 1 is 1.31 bits per heavy atom. The van der Waals surface area contributed by atoms with Crippen LogP contribution in [0.4, 0.5) is 0 Å². The molecule has 1 aromatic heterocycles. The summed E-state index contributed by atoms with van der Waals surface area (Å²) in [7, 11) is 0. The van der Waals surface area contributed by atoms with Crippen LogP contribution in [0.1, 0.15) is 45.3 Å². The molecule has 0 aliphatic rings. The van der Waals surface area contributed by atoms with E-state index in [9.17, 15) is 0 Å². The number of hydrogen-bond donors (Lipinski definition) is 2. The summed E-state index contributed by atoms with van der Waals surface area (Å²) in [4.78, 5) is 4.35. The fraction of sp³-hybridized carbons (Fsp3) is 0.778. The van der Waals surface area contributed by atoms with Crippen LogP contribution >= 0.6 is 0 Å². The van der Waals surface area contributed by atoms with Gasteiger partial charge in [0, 0.05) is 12.0 Å². The van der Waals surface area contributed by atoms with Gasteiger partial charge in [0.1, 0.15) is 5.82 Å². The van der Waals surface area contributed by atoms with Gasteiger partial charge in [-0.25, -0.2) is 4.98 Å². The van der Waals surface area contributed by atoms with Crippen LogP contribution in [0.2, 0.25) is 0 Å². The predicted molar refractivity (Wildman–Crippen MR) is 52.4 cm³/mol. The molecule has 0 aliphatic heterocycles. The number of H-pyrrole nitrogens is 1. The van der Waals surface area contributed by atoms with E-state index in [1.54, 1.807) is 0 Å². The van der Waals surface area contributed by atoms with Gasteiger partial charge in [0.15, 0.2) is 5.82 Å². The molecule has 0 atom stereocenters. The van der Waals surface area contributed by atoms with Crippen LogP contribution in [0.25, 0.3) is 0 Å². The maximum atomic E-state index is 4.35. The second-order valence-corrected chi connectivity index (χ2v) is 3.83. The van der Waals surface area contributed by atoms with Crippen molar-refractivity contribution in [2.75, 3.05) is 0 Å². The number of aromatic amines is 1. The molecule has 1 rings (SSSR count). The zero-order valence-electron chi connectivity index (χ0n) is 8.76. The van der Waals surface area contributed by atoms with Crippen molar-refractivity contribution in [3.05, 3.63) is 11.6 Å². The van der Waals surface area contributed by atoms with Crippen LogP contribution in [0.15, 0.2) is 0 Å². The third-order valence-electron chi connectivity index (χ3n) is 1.74. The van der Waals surface area contributed by atoms with E-state index in [1.165, 1.54) is 0 Å². The molecule has 1 heterocycles. The summed E-state index contributed by atoms with van der Waals surface area (Å²) in [6, 6.07) is 0.479. The van der Waals surface area contributed by atoms with E-state index in [4.69, 9.17) is 0 Å². The minimum Gasteiger partial charge on any atom is -0.308 e. The van der Waals surface area contributed by atoms with Gasteiger partial charge in [-0.2, -0.15) is 5.10 Å². The first-order valence-electron chi connectivity index (χ1n) is 4.74. The second-order valence-electron chi connectivity index (χ2n) is 3.83. The molecule has 0 saturated carbocycles. The summed E-state index contributed by atoms with van der Waals surface area (Å²) in [5, 5.41) is 10.3. The Balaban J connectivity index is 2.49. The lowest BCUT2D eigenvalue weighted by molar-refractivity contribution is 0.573. The molecule has 0 spiro atoms. The second kappa shape index (κ2) is 4.37. The number of hydrogen-bond acceptors (Lipinski definition) is 3. The van der Waals surface area contributed by atoms with E-state index in [2.05, 4.69) is 48.2 Å². The monoisotopic (exact) mass is 182 g/mol. The smallest absolute Gasteiger partial charge is 0.153 e. The van der Waals surface area contributed by atoms with Crippen molar-refractivity contribution in [2.45, 2.75) is 46.2 Å². The van der Waals surface area contributed by atoms with Crippen molar-refractivity contribution >= 4 is 0 Å². The Hall–Kier alpha value is -0.900. The molecule has 0 fully saturated rings. The fourth-order valence-electron chi connectivity index (χ4n) is 0.948. The lowest BCUT2D eigenvalue weighted by Crippen LogP contribution is -2.22. The molecule has 0 aromatic carbocycles. The Labute approximate surface area is 79.2 Å². The number of nitrogens with one attached hydrogen (secondary N) is 2. The molecule has 4 heteroatoms. The summed E-state index contributed by atoms with van der Waals surface area (Å²) in [6.45, 7) is 9.16. The van der Waals surface area contributed by atoms with Crippen molar-refractivity contribution in [3.8, 4) is 0 Å². The van der Waals surface area contributed by atoms with Crippen LogP contribution in [-0.4, -0.2) is 21.2 Å². The highest BCUT2D eigenvalue weighted by molar-refractivity contribution is 4.94. The summed E-state index contributed by atoms with van der Waals surface area (Å²) >= 11 is 0. The topological polar surface area (TPSA) is 53.6 Å². The summed E-state index contributed by atoms with van der Waals surface area (Å²) in [6.07, 6.45) is 0. The fourth-order valence-corrected chi connectivity index (χ4v) is 0.948. The van der Waals surface area contributed by atoms with Gasteiger partial charge in [-0.1, -0.05) is 27.7 Å². The highest BCUT2D eigenvalue weighted by Gasteiger charge is 2.06. The molecular formula is C9H18N4. The zero-order chi connectivity index (χ0) is 9.84. The minimum absolute atomic E-state index is 0.393. The number of aromatic nitrogens is 3. The first-order valence-corrected chi connectivity index (χ1v) is 4.74. The lowest BCUT2D eigenvalue weighted by atomic mass is 10.2. The Bertz CT molecular complexity index is 252. The maximum Gasteiger partial charge on any atom is 0.153 e. The molecule has 2 N–H and O–H groups in total. The van der Waals surface area contributed by atoms with Gasteiger partial charge >= 0.3 is 0 Å². The minimum atomic E-state index is 0.393. The summed E-state index contributed by atoms with van der Waals surface area (Å²) < 4.78 is 0. The molecule has 0 saturated heterocycles. The molecular weight excluding hydrogens is 164 g/mol. The third-order valence-corrected chi connectivity index (χ3v) is 1.74.